The second-order valence-electron chi connectivity index (χ2n) is 9.43. The fourth-order valence-corrected chi connectivity index (χ4v) is 5.25. The minimum Gasteiger partial charge on any atom is -0.481 e. The van der Waals surface area contributed by atoms with Gasteiger partial charge in [0.25, 0.3) is 0 Å². The molecule has 1 saturated carbocycles. The summed E-state index contributed by atoms with van der Waals surface area (Å²) in [5.41, 5.74) is 4.64. The maximum absolute atomic E-state index is 13.0. The van der Waals surface area contributed by atoms with Crippen LogP contribution in [-0.4, -0.2) is 54.2 Å². The van der Waals surface area contributed by atoms with Gasteiger partial charge < -0.3 is 20.1 Å². The molecular formula is C27H32N2O5. The summed E-state index contributed by atoms with van der Waals surface area (Å²) in [6, 6.07) is 16.0. The van der Waals surface area contributed by atoms with E-state index in [4.69, 9.17) is 9.84 Å². The van der Waals surface area contributed by atoms with Gasteiger partial charge >= 0.3 is 12.1 Å². The highest BCUT2D eigenvalue weighted by atomic mass is 16.5. The molecule has 1 fully saturated rings. The van der Waals surface area contributed by atoms with Crippen LogP contribution in [0.3, 0.4) is 0 Å². The smallest absolute Gasteiger partial charge is 0.407 e. The second-order valence-corrected chi connectivity index (χ2v) is 9.43. The topological polar surface area (TPSA) is 95.9 Å². The summed E-state index contributed by atoms with van der Waals surface area (Å²) in [5.74, 6) is -2.11. The predicted octanol–water partition coefficient (Wildman–Crippen LogP) is 4.26. The molecule has 2 aliphatic carbocycles. The highest BCUT2D eigenvalue weighted by Crippen LogP contribution is 2.44. The van der Waals surface area contributed by atoms with Crippen molar-refractivity contribution in [3.8, 4) is 11.1 Å². The highest BCUT2D eigenvalue weighted by Gasteiger charge is 2.35. The number of benzene rings is 2. The normalized spacial score (nSPS) is 20.1. The maximum atomic E-state index is 13.0. The van der Waals surface area contributed by atoms with Gasteiger partial charge in [-0.05, 0) is 35.1 Å². The summed E-state index contributed by atoms with van der Waals surface area (Å²) in [4.78, 5) is 38.4. The Labute approximate surface area is 200 Å². The van der Waals surface area contributed by atoms with Crippen molar-refractivity contribution in [3.05, 3.63) is 59.7 Å². The Morgan fingerprint density at radius 3 is 2.24 bits per heavy atom. The molecule has 2 N–H and O–H groups in total. The number of aliphatic carboxylic acids is 1. The fraction of sp³-hybridized carbons (Fsp3) is 0.444. The van der Waals surface area contributed by atoms with Crippen molar-refractivity contribution in [3.63, 3.8) is 0 Å². The van der Waals surface area contributed by atoms with E-state index in [0.29, 0.717) is 12.8 Å². The van der Waals surface area contributed by atoms with Crippen molar-refractivity contribution in [1.29, 1.82) is 0 Å². The number of amides is 2. The number of rotatable bonds is 7. The standard InChI is InChI=1S/C27H32N2O5/c1-17(26(31)32)15-29(2)25(30)22-13-7-8-14-24(22)28-27(33)34-16-23-20-11-5-3-9-18(20)19-10-4-6-12-21(19)23/h3-6,9-12,17,22-24H,7-8,13-16H2,1-2H3,(H,28,33)(H,31,32)/t17?,22-,24+/m1/s1. The number of ether oxygens (including phenoxy) is 1. The van der Waals surface area contributed by atoms with E-state index in [9.17, 15) is 14.4 Å². The monoisotopic (exact) mass is 464 g/mol. The van der Waals surface area contributed by atoms with Gasteiger partial charge in [0.1, 0.15) is 6.61 Å². The fourth-order valence-electron chi connectivity index (χ4n) is 5.25. The van der Waals surface area contributed by atoms with Gasteiger partial charge in [0.2, 0.25) is 5.91 Å². The SMILES string of the molecule is CC(CN(C)C(=O)[C@@H]1CCCC[C@@H]1NC(=O)OCC1c2ccccc2-c2ccccc21)C(=O)O. The molecule has 4 rings (SSSR count). The first-order chi connectivity index (χ1) is 16.4. The minimum atomic E-state index is -0.934. The van der Waals surface area contributed by atoms with Crippen molar-refractivity contribution >= 4 is 18.0 Å². The van der Waals surface area contributed by atoms with Crippen LogP contribution in [0.4, 0.5) is 4.79 Å². The van der Waals surface area contributed by atoms with E-state index >= 15 is 0 Å². The molecule has 0 aliphatic heterocycles. The number of alkyl carbamates (subject to hydrolysis) is 1. The van der Waals surface area contributed by atoms with Crippen LogP contribution in [0, 0.1) is 11.8 Å². The van der Waals surface area contributed by atoms with Gasteiger partial charge in [0, 0.05) is 25.6 Å². The third kappa shape index (κ3) is 4.93. The average molecular weight is 465 g/mol. The molecule has 0 saturated heterocycles. The van der Waals surface area contributed by atoms with Crippen LogP contribution in [0.15, 0.2) is 48.5 Å². The van der Waals surface area contributed by atoms with Crippen LogP contribution in [0.25, 0.3) is 11.1 Å². The third-order valence-electron chi connectivity index (χ3n) is 7.08. The molecule has 0 radical (unpaired) electrons. The number of carbonyl (C=O) groups excluding carboxylic acids is 2. The Hall–Kier alpha value is -3.35. The number of carboxylic acid groups (broad SMARTS) is 1. The van der Waals surface area contributed by atoms with Gasteiger partial charge in [-0.3, -0.25) is 9.59 Å². The van der Waals surface area contributed by atoms with Gasteiger partial charge in [-0.25, -0.2) is 4.79 Å². The lowest BCUT2D eigenvalue weighted by molar-refractivity contribution is -0.143. The predicted molar refractivity (Wildman–Crippen MR) is 128 cm³/mol. The van der Waals surface area contributed by atoms with Crippen LogP contribution in [0.5, 0.6) is 0 Å². The van der Waals surface area contributed by atoms with E-state index in [1.165, 1.54) is 16.0 Å². The number of hydrogen-bond donors (Lipinski definition) is 2. The third-order valence-corrected chi connectivity index (χ3v) is 7.08. The van der Waals surface area contributed by atoms with Crippen LogP contribution < -0.4 is 5.32 Å². The highest BCUT2D eigenvalue weighted by molar-refractivity contribution is 5.81. The van der Waals surface area contributed by atoms with Gasteiger partial charge in [0.05, 0.1) is 11.8 Å². The van der Waals surface area contributed by atoms with Crippen LogP contribution in [0.1, 0.15) is 49.7 Å². The molecule has 0 spiro atoms. The first-order valence-electron chi connectivity index (χ1n) is 12.0. The average Bonchev–Trinajstić information content (AvgIpc) is 3.16. The lowest BCUT2D eigenvalue weighted by Gasteiger charge is -2.34. The zero-order valence-electron chi connectivity index (χ0n) is 19.7. The van der Waals surface area contributed by atoms with Gasteiger partial charge in [-0.1, -0.05) is 68.3 Å². The van der Waals surface area contributed by atoms with Crippen molar-refractivity contribution in [1.82, 2.24) is 10.2 Å². The maximum Gasteiger partial charge on any atom is 0.407 e. The number of nitrogens with one attached hydrogen (secondary N) is 1. The number of carbonyl (C=O) groups is 3. The number of carboxylic acids is 1. The molecule has 2 aromatic carbocycles. The summed E-state index contributed by atoms with van der Waals surface area (Å²) in [6.07, 6.45) is 2.67. The van der Waals surface area contributed by atoms with E-state index in [1.54, 1.807) is 14.0 Å². The lowest BCUT2D eigenvalue weighted by atomic mass is 9.83. The molecule has 2 aliphatic rings. The van der Waals surface area contributed by atoms with E-state index in [2.05, 4.69) is 29.6 Å². The van der Waals surface area contributed by atoms with Gasteiger partial charge in [0.15, 0.2) is 0 Å². The molecule has 2 amide bonds. The zero-order chi connectivity index (χ0) is 24.2. The first kappa shape index (κ1) is 23.8. The van der Waals surface area contributed by atoms with Crippen LogP contribution in [-0.2, 0) is 14.3 Å². The summed E-state index contributed by atoms with van der Waals surface area (Å²) >= 11 is 0. The molecular weight excluding hydrogens is 432 g/mol. The Morgan fingerprint density at radius 1 is 1.03 bits per heavy atom. The van der Waals surface area contributed by atoms with E-state index in [0.717, 1.165) is 24.0 Å². The quantitative estimate of drug-likeness (QED) is 0.638. The number of hydrogen-bond acceptors (Lipinski definition) is 4. The van der Waals surface area contributed by atoms with E-state index < -0.39 is 18.0 Å². The molecule has 2 aromatic rings. The number of fused-ring (bicyclic) bond motifs is 3. The first-order valence-corrected chi connectivity index (χ1v) is 12.0. The molecule has 0 heterocycles. The second kappa shape index (κ2) is 10.3. The molecule has 0 aromatic heterocycles. The van der Waals surface area contributed by atoms with E-state index in [-0.39, 0.29) is 36.9 Å². The lowest BCUT2D eigenvalue weighted by Crippen LogP contribution is -2.49. The zero-order valence-corrected chi connectivity index (χ0v) is 19.7. The van der Waals surface area contributed by atoms with Gasteiger partial charge in [-0.15, -0.1) is 0 Å². The summed E-state index contributed by atoms with van der Waals surface area (Å²) < 4.78 is 5.67. The van der Waals surface area contributed by atoms with E-state index in [1.807, 2.05) is 24.3 Å². The summed E-state index contributed by atoms with van der Waals surface area (Å²) in [7, 11) is 1.63. The van der Waals surface area contributed by atoms with Crippen LogP contribution >= 0.6 is 0 Å². The molecule has 1 unspecified atom stereocenters. The number of nitrogens with zero attached hydrogens (tertiary/aromatic N) is 1. The Kier molecular flexibility index (Phi) is 7.20. The Balaban J connectivity index is 1.38. The summed E-state index contributed by atoms with van der Waals surface area (Å²) in [6.45, 7) is 1.95. The Morgan fingerprint density at radius 2 is 1.62 bits per heavy atom. The molecule has 3 atom stereocenters. The molecule has 34 heavy (non-hydrogen) atoms. The van der Waals surface area contributed by atoms with Crippen molar-refractivity contribution in [2.45, 2.75) is 44.6 Å². The minimum absolute atomic E-state index is 0.0226. The largest absolute Gasteiger partial charge is 0.481 e. The van der Waals surface area contributed by atoms with Crippen molar-refractivity contribution in [2.24, 2.45) is 11.8 Å². The van der Waals surface area contributed by atoms with Crippen LogP contribution in [0.2, 0.25) is 0 Å². The molecule has 7 nitrogen and oxygen atoms in total. The molecule has 7 heteroatoms. The molecule has 180 valence electrons. The Bertz CT molecular complexity index is 1020. The van der Waals surface area contributed by atoms with Gasteiger partial charge in [-0.2, -0.15) is 0 Å². The van der Waals surface area contributed by atoms with Crippen molar-refractivity contribution in [2.75, 3.05) is 20.2 Å². The van der Waals surface area contributed by atoms with Crippen molar-refractivity contribution < 1.29 is 24.2 Å². The summed E-state index contributed by atoms with van der Waals surface area (Å²) in [5, 5.41) is 12.1. The molecule has 0 bridgehead atoms.